The van der Waals surface area contributed by atoms with Gasteiger partial charge < -0.3 is 9.72 Å². The fourth-order valence-electron chi connectivity index (χ4n) is 1.68. The fourth-order valence-corrected chi connectivity index (χ4v) is 2.41. The van der Waals surface area contributed by atoms with Crippen LogP contribution in [-0.2, 0) is 4.74 Å². The van der Waals surface area contributed by atoms with E-state index in [0.29, 0.717) is 12.3 Å². The lowest BCUT2D eigenvalue weighted by atomic mass is 10.2. The highest BCUT2D eigenvalue weighted by Crippen LogP contribution is 2.30. The summed E-state index contributed by atoms with van der Waals surface area (Å²) in [5.74, 6) is -0.289. The van der Waals surface area contributed by atoms with Crippen molar-refractivity contribution in [3.05, 3.63) is 30.0 Å². The zero-order valence-corrected chi connectivity index (χ0v) is 10.1. The molecule has 0 bridgehead atoms. The maximum Gasteiger partial charge on any atom is 0.355 e. The molecule has 1 heterocycles. The van der Waals surface area contributed by atoms with Gasteiger partial charge in [-0.3, -0.25) is 0 Å². The highest BCUT2D eigenvalue weighted by molar-refractivity contribution is 7.99. The molecule has 2 aromatic rings. The molecule has 0 aliphatic rings. The Hall–Kier alpha value is -1.42. The van der Waals surface area contributed by atoms with Crippen LogP contribution in [0.15, 0.2) is 29.2 Å². The molecule has 0 amide bonds. The lowest BCUT2D eigenvalue weighted by Crippen LogP contribution is -2.05. The average molecular weight is 235 g/mol. The summed E-state index contributed by atoms with van der Waals surface area (Å²) in [5.41, 5.74) is 1.52. The van der Waals surface area contributed by atoms with E-state index in [0.717, 1.165) is 15.8 Å². The van der Waals surface area contributed by atoms with Gasteiger partial charge in [0, 0.05) is 15.8 Å². The van der Waals surface area contributed by atoms with Crippen molar-refractivity contribution in [2.45, 2.75) is 11.8 Å². The van der Waals surface area contributed by atoms with Crippen molar-refractivity contribution in [1.29, 1.82) is 0 Å². The Kier molecular flexibility index (Phi) is 3.19. The summed E-state index contributed by atoms with van der Waals surface area (Å²) in [4.78, 5) is 15.8. The van der Waals surface area contributed by atoms with Gasteiger partial charge in [0.25, 0.3) is 0 Å². The molecule has 0 unspecified atom stereocenters. The minimum Gasteiger partial charge on any atom is -0.461 e. The maximum atomic E-state index is 11.7. The molecule has 16 heavy (non-hydrogen) atoms. The number of para-hydroxylation sites is 1. The molecule has 1 aromatic carbocycles. The summed E-state index contributed by atoms with van der Waals surface area (Å²) >= 11 is 1.55. The minimum atomic E-state index is -0.289. The van der Waals surface area contributed by atoms with Crippen molar-refractivity contribution in [2.75, 3.05) is 12.9 Å². The Bertz CT molecular complexity index is 519. The zero-order chi connectivity index (χ0) is 11.5. The summed E-state index contributed by atoms with van der Waals surface area (Å²) in [6.07, 6.45) is 1.96. The van der Waals surface area contributed by atoms with Gasteiger partial charge in [0.1, 0.15) is 5.69 Å². The van der Waals surface area contributed by atoms with Crippen LogP contribution >= 0.6 is 11.8 Å². The van der Waals surface area contributed by atoms with Gasteiger partial charge in [-0.05, 0) is 19.2 Å². The molecule has 0 saturated heterocycles. The number of fused-ring (bicyclic) bond motifs is 1. The molecule has 0 radical (unpaired) electrons. The molecule has 0 fully saturated rings. The minimum absolute atomic E-state index is 0.289. The van der Waals surface area contributed by atoms with Gasteiger partial charge in [-0.1, -0.05) is 18.2 Å². The van der Waals surface area contributed by atoms with Crippen molar-refractivity contribution in [3.63, 3.8) is 0 Å². The average Bonchev–Trinajstić information content (AvgIpc) is 2.67. The number of benzene rings is 1. The Labute approximate surface area is 98.2 Å². The Morgan fingerprint density at radius 2 is 2.19 bits per heavy atom. The number of nitrogens with one attached hydrogen (secondary N) is 1. The quantitative estimate of drug-likeness (QED) is 0.656. The van der Waals surface area contributed by atoms with Crippen molar-refractivity contribution < 1.29 is 9.53 Å². The van der Waals surface area contributed by atoms with Crippen molar-refractivity contribution in [1.82, 2.24) is 4.98 Å². The predicted molar refractivity (Wildman–Crippen MR) is 66.0 cm³/mol. The third kappa shape index (κ3) is 1.80. The molecule has 3 nitrogen and oxygen atoms in total. The van der Waals surface area contributed by atoms with Crippen LogP contribution in [0.1, 0.15) is 17.4 Å². The smallest absolute Gasteiger partial charge is 0.355 e. The fraction of sp³-hybridized carbons (Fsp3) is 0.250. The van der Waals surface area contributed by atoms with Crippen LogP contribution in [0.3, 0.4) is 0 Å². The van der Waals surface area contributed by atoms with Gasteiger partial charge in [0.15, 0.2) is 0 Å². The summed E-state index contributed by atoms with van der Waals surface area (Å²) in [7, 11) is 0. The number of H-pyrrole nitrogens is 1. The molecule has 2 rings (SSSR count). The summed E-state index contributed by atoms with van der Waals surface area (Å²) in [6, 6.07) is 7.86. The van der Waals surface area contributed by atoms with E-state index in [-0.39, 0.29) is 5.97 Å². The first-order valence-corrected chi connectivity index (χ1v) is 6.32. The van der Waals surface area contributed by atoms with E-state index in [1.54, 1.807) is 18.7 Å². The monoisotopic (exact) mass is 235 g/mol. The number of hydrogen-bond donors (Lipinski definition) is 1. The SMILES string of the molecule is CCOC(=O)c1[nH]c2ccccc2c1SC. The van der Waals surface area contributed by atoms with Crippen LogP contribution in [0.2, 0.25) is 0 Å². The number of ether oxygens (including phenoxy) is 1. The molecule has 4 heteroatoms. The molecule has 0 atom stereocenters. The van der Waals surface area contributed by atoms with E-state index in [1.165, 1.54) is 0 Å². The van der Waals surface area contributed by atoms with Crippen molar-refractivity contribution in [2.24, 2.45) is 0 Å². The van der Waals surface area contributed by atoms with Gasteiger partial charge in [-0.15, -0.1) is 11.8 Å². The number of aromatic amines is 1. The molecule has 84 valence electrons. The van der Waals surface area contributed by atoms with Crippen LogP contribution in [0.5, 0.6) is 0 Å². The van der Waals surface area contributed by atoms with E-state index in [9.17, 15) is 4.79 Å². The number of aromatic nitrogens is 1. The van der Waals surface area contributed by atoms with Gasteiger partial charge in [0.05, 0.1) is 6.61 Å². The maximum absolute atomic E-state index is 11.7. The van der Waals surface area contributed by atoms with Gasteiger partial charge in [-0.25, -0.2) is 4.79 Å². The van der Waals surface area contributed by atoms with Gasteiger partial charge in [-0.2, -0.15) is 0 Å². The number of thioether (sulfide) groups is 1. The number of rotatable bonds is 3. The Balaban J connectivity index is 2.56. The number of carbonyl (C=O) groups is 1. The first kappa shape index (κ1) is 11.1. The van der Waals surface area contributed by atoms with E-state index in [1.807, 2.05) is 30.5 Å². The molecule has 0 aliphatic heterocycles. The molecule has 1 N–H and O–H groups in total. The summed E-state index contributed by atoms with van der Waals surface area (Å²) in [6.45, 7) is 2.20. The summed E-state index contributed by atoms with van der Waals surface area (Å²) < 4.78 is 5.02. The van der Waals surface area contributed by atoms with Crippen molar-refractivity contribution >= 4 is 28.6 Å². The normalized spacial score (nSPS) is 10.6. The van der Waals surface area contributed by atoms with Gasteiger partial charge >= 0.3 is 5.97 Å². The first-order chi connectivity index (χ1) is 7.77. The first-order valence-electron chi connectivity index (χ1n) is 5.09. The van der Waals surface area contributed by atoms with E-state index in [2.05, 4.69) is 4.98 Å². The van der Waals surface area contributed by atoms with Gasteiger partial charge in [0.2, 0.25) is 0 Å². The zero-order valence-electron chi connectivity index (χ0n) is 9.24. The molecule has 1 aromatic heterocycles. The van der Waals surface area contributed by atoms with Crippen LogP contribution in [0.4, 0.5) is 0 Å². The summed E-state index contributed by atoms with van der Waals surface area (Å²) in [5, 5.41) is 1.07. The lowest BCUT2D eigenvalue weighted by Gasteiger charge is -2.01. The van der Waals surface area contributed by atoms with Crippen LogP contribution in [0, 0.1) is 0 Å². The highest BCUT2D eigenvalue weighted by atomic mass is 32.2. The standard InChI is InChI=1S/C12H13NO2S/c1-3-15-12(14)10-11(16-2)8-6-4-5-7-9(8)13-10/h4-7,13H,3H2,1-2H3. The molecule has 0 saturated carbocycles. The van der Waals surface area contributed by atoms with Crippen LogP contribution in [-0.4, -0.2) is 23.8 Å². The van der Waals surface area contributed by atoms with E-state index < -0.39 is 0 Å². The second-order valence-corrected chi connectivity index (χ2v) is 4.12. The third-order valence-corrected chi connectivity index (χ3v) is 3.17. The Morgan fingerprint density at radius 3 is 2.88 bits per heavy atom. The molecular formula is C12H13NO2S. The molecular weight excluding hydrogens is 222 g/mol. The molecule has 0 aliphatic carbocycles. The third-order valence-electron chi connectivity index (χ3n) is 2.34. The number of esters is 1. The lowest BCUT2D eigenvalue weighted by molar-refractivity contribution is 0.0516. The number of carbonyl (C=O) groups excluding carboxylic acids is 1. The van der Waals surface area contributed by atoms with E-state index >= 15 is 0 Å². The second-order valence-electron chi connectivity index (χ2n) is 3.30. The number of hydrogen-bond acceptors (Lipinski definition) is 3. The van der Waals surface area contributed by atoms with Crippen LogP contribution in [0.25, 0.3) is 10.9 Å². The second kappa shape index (κ2) is 4.61. The largest absolute Gasteiger partial charge is 0.461 e. The van der Waals surface area contributed by atoms with Crippen molar-refractivity contribution in [3.8, 4) is 0 Å². The predicted octanol–water partition coefficient (Wildman–Crippen LogP) is 3.07. The van der Waals surface area contributed by atoms with E-state index in [4.69, 9.17) is 4.74 Å². The molecule has 0 spiro atoms. The Morgan fingerprint density at radius 1 is 1.44 bits per heavy atom. The topological polar surface area (TPSA) is 42.1 Å². The van der Waals surface area contributed by atoms with Crippen LogP contribution < -0.4 is 0 Å². The highest BCUT2D eigenvalue weighted by Gasteiger charge is 2.17.